The fraction of sp³-hybridized carbons (Fsp3) is 0.357. The van der Waals surface area contributed by atoms with Crippen LogP contribution >= 0.6 is 11.3 Å². The summed E-state index contributed by atoms with van der Waals surface area (Å²) in [6.45, 7) is 2.02. The quantitative estimate of drug-likeness (QED) is 0.915. The van der Waals surface area contributed by atoms with Crippen molar-refractivity contribution in [2.24, 2.45) is 0 Å². The molecule has 0 atom stereocenters. The summed E-state index contributed by atoms with van der Waals surface area (Å²) in [6, 6.07) is 4.12. The third-order valence-corrected chi connectivity index (χ3v) is 4.34. The van der Waals surface area contributed by atoms with E-state index in [-0.39, 0.29) is 5.91 Å². The zero-order valence-corrected chi connectivity index (χ0v) is 11.7. The molecule has 0 aliphatic carbocycles. The molecule has 4 nitrogen and oxygen atoms in total. The van der Waals surface area contributed by atoms with E-state index in [0.29, 0.717) is 5.56 Å². The van der Waals surface area contributed by atoms with E-state index in [4.69, 9.17) is 0 Å². The minimum absolute atomic E-state index is 0.0668. The highest BCUT2D eigenvalue weighted by atomic mass is 32.1. The van der Waals surface area contributed by atoms with Crippen molar-refractivity contribution in [3.63, 3.8) is 0 Å². The van der Waals surface area contributed by atoms with Crippen LogP contribution in [0.4, 0.5) is 5.82 Å². The number of carbonyl (C=O) groups is 1. The van der Waals surface area contributed by atoms with Gasteiger partial charge in [-0.05, 0) is 31.4 Å². The lowest BCUT2D eigenvalue weighted by molar-refractivity contribution is 0.0965. The normalized spacial score (nSPS) is 15.7. The molecule has 1 saturated heterocycles. The zero-order valence-electron chi connectivity index (χ0n) is 10.8. The second kappa shape index (κ2) is 5.17. The van der Waals surface area contributed by atoms with Crippen LogP contribution in [0.25, 0.3) is 10.2 Å². The van der Waals surface area contributed by atoms with Gasteiger partial charge < -0.3 is 10.2 Å². The van der Waals surface area contributed by atoms with Crippen molar-refractivity contribution in [2.45, 2.75) is 12.8 Å². The summed E-state index contributed by atoms with van der Waals surface area (Å²) in [7, 11) is 1.65. The largest absolute Gasteiger partial charge is 0.357 e. The summed E-state index contributed by atoms with van der Waals surface area (Å²) in [5.74, 6) is 0.909. The summed E-state index contributed by atoms with van der Waals surface area (Å²) in [6.07, 6.45) is 4.52. The van der Waals surface area contributed by atoms with Crippen LogP contribution in [0.2, 0.25) is 0 Å². The predicted molar refractivity (Wildman–Crippen MR) is 78.8 cm³/mol. The Bertz CT molecular complexity index is 602. The Kier molecular flexibility index (Phi) is 3.38. The lowest BCUT2D eigenvalue weighted by Gasteiger charge is -2.27. The minimum Gasteiger partial charge on any atom is -0.357 e. The first kappa shape index (κ1) is 12.4. The topological polar surface area (TPSA) is 45.2 Å². The molecule has 0 bridgehead atoms. The minimum atomic E-state index is -0.0668. The Balaban J connectivity index is 2.00. The van der Waals surface area contributed by atoms with Gasteiger partial charge in [0.1, 0.15) is 5.82 Å². The lowest BCUT2D eigenvalue weighted by atomic mass is 10.1. The van der Waals surface area contributed by atoms with Gasteiger partial charge >= 0.3 is 0 Å². The van der Waals surface area contributed by atoms with E-state index in [9.17, 15) is 4.79 Å². The number of thiophene rings is 1. The molecular formula is C14H16N3OS. The van der Waals surface area contributed by atoms with Gasteiger partial charge in [0.2, 0.25) is 0 Å². The van der Waals surface area contributed by atoms with Crippen LogP contribution in [-0.4, -0.2) is 31.0 Å². The molecule has 5 heteroatoms. The Morgan fingerprint density at radius 3 is 2.89 bits per heavy atom. The molecule has 1 aliphatic heterocycles. The summed E-state index contributed by atoms with van der Waals surface area (Å²) in [4.78, 5) is 18.8. The maximum Gasteiger partial charge on any atom is 0.254 e. The number of nitrogens with zero attached hydrogens (tertiary/aromatic N) is 2. The van der Waals surface area contributed by atoms with E-state index < -0.39 is 0 Å². The number of hydrogen-bond acceptors (Lipinski definition) is 4. The van der Waals surface area contributed by atoms with Crippen molar-refractivity contribution in [1.82, 2.24) is 10.3 Å². The third kappa shape index (κ3) is 2.30. The number of piperidine rings is 1. The third-order valence-electron chi connectivity index (χ3n) is 3.40. The van der Waals surface area contributed by atoms with E-state index in [1.54, 1.807) is 18.4 Å². The molecule has 0 saturated carbocycles. The second-order valence-electron chi connectivity index (χ2n) is 4.60. The van der Waals surface area contributed by atoms with Crippen LogP contribution in [0.5, 0.6) is 0 Å². The van der Waals surface area contributed by atoms with E-state index >= 15 is 0 Å². The first-order chi connectivity index (χ1) is 9.29. The van der Waals surface area contributed by atoms with E-state index in [1.165, 1.54) is 0 Å². The van der Waals surface area contributed by atoms with Crippen LogP contribution in [0.1, 0.15) is 23.2 Å². The maximum atomic E-state index is 11.8. The molecule has 1 fully saturated rings. The maximum absolute atomic E-state index is 11.8. The molecular weight excluding hydrogens is 258 g/mol. The van der Waals surface area contributed by atoms with Crippen LogP contribution in [0, 0.1) is 6.42 Å². The Morgan fingerprint density at radius 2 is 2.16 bits per heavy atom. The van der Waals surface area contributed by atoms with Crippen molar-refractivity contribution in [3.05, 3.63) is 29.5 Å². The highest BCUT2D eigenvalue weighted by Crippen LogP contribution is 2.27. The Labute approximate surface area is 116 Å². The van der Waals surface area contributed by atoms with Gasteiger partial charge in [-0.3, -0.25) is 4.79 Å². The van der Waals surface area contributed by atoms with Gasteiger partial charge in [0.25, 0.3) is 5.91 Å². The smallest absolute Gasteiger partial charge is 0.254 e. The van der Waals surface area contributed by atoms with Crippen LogP contribution in [0.15, 0.2) is 17.5 Å². The molecule has 3 heterocycles. The average Bonchev–Trinajstić information content (AvgIpc) is 2.90. The molecule has 1 aliphatic rings. The van der Waals surface area contributed by atoms with E-state index in [0.717, 1.165) is 42.0 Å². The molecule has 19 heavy (non-hydrogen) atoms. The number of rotatable bonds is 2. The van der Waals surface area contributed by atoms with Crippen molar-refractivity contribution < 1.29 is 4.79 Å². The van der Waals surface area contributed by atoms with Gasteiger partial charge in [-0.1, -0.05) is 0 Å². The van der Waals surface area contributed by atoms with Crippen molar-refractivity contribution in [1.29, 1.82) is 0 Å². The lowest BCUT2D eigenvalue weighted by Crippen LogP contribution is -2.30. The zero-order chi connectivity index (χ0) is 13.2. The number of aromatic nitrogens is 1. The number of hydrogen-bond donors (Lipinski definition) is 1. The van der Waals surface area contributed by atoms with Gasteiger partial charge in [-0.15, -0.1) is 11.3 Å². The number of pyridine rings is 1. The molecule has 3 rings (SSSR count). The van der Waals surface area contributed by atoms with Gasteiger partial charge in [-0.25, -0.2) is 4.98 Å². The molecule has 1 N–H and O–H groups in total. The second-order valence-corrected chi connectivity index (χ2v) is 5.51. The first-order valence-electron chi connectivity index (χ1n) is 6.46. The van der Waals surface area contributed by atoms with Gasteiger partial charge in [0.15, 0.2) is 0 Å². The highest BCUT2D eigenvalue weighted by Gasteiger charge is 2.16. The molecule has 0 aromatic carbocycles. The van der Waals surface area contributed by atoms with Crippen molar-refractivity contribution in [3.8, 4) is 0 Å². The van der Waals surface area contributed by atoms with Gasteiger partial charge in [0.05, 0.1) is 15.8 Å². The Hall–Kier alpha value is -1.62. The van der Waals surface area contributed by atoms with Crippen molar-refractivity contribution >= 4 is 33.3 Å². The van der Waals surface area contributed by atoms with E-state index in [1.807, 2.05) is 5.38 Å². The molecule has 0 spiro atoms. The molecule has 1 amide bonds. The molecule has 2 aromatic heterocycles. The van der Waals surface area contributed by atoms with E-state index in [2.05, 4.69) is 33.8 Å². The summed E-state index contributed by atoms with van der Waals surface area (Å²) < 4.78 is 1.06. The van der Waals surface area contributed by atoms with Crippen LogP contribution < -0.4 is 10.2 Å². The summed E-state index contributed by atoms with van der Waals surface area (Å²) in [5.41, 5.74) is 1.49. The van der Waals surface area contributed by atoms with Gasteiger partial charge in [0, 0.05) is 25.5 Å². The average molecular weight is 274 g/mol. The molecule has 2 aromatic rings. The fourth-order valence-electron chi connectivity index (χ4n) is 2.35. The first-order valence-corrected chi connectivity index (χ1v) is 7.34. The number of fused-ring (bicyclic) bond motifs is 1. The van der Waals surface area contributed by atoms with Crippen LogP contribution in [0.3, 0.4) is 0 Å². The molecule has 0 unspecified atom stereocenters. The number of anilines is 1. The van der Waals surface area contributed by atoms with Crippen molar-refractivity contribution in [2.75, 3.05) is 25.0 Å². The Morgan fingerprint density at radius 1 is 1.37 bits per heavy atom. The monoisotopic (exact) mass is 274 g/mol. The number of carbonyl (C=O) groups excluding carboxylic acids is 1. The summed E-state index contributed by atoms with van der Waals surface area (Å²) >= 11 is 1.56. The summed E-state index contributed by atoms with van der Waals surface area (Å²) in [5, 5.41) is 4.55. The highest BCUT2D eigenvalue weighted by molar-refractivity contribution is 7.17. The predicted octanol–water partition coefficient (Wildman–Crippen LogP) is 2.46. The number of amides is 1. The standard InChI is InChI=1S/C14H16N3OS/c1-15-14(18)10-9-19-11-5-6-12(16-13(10)11)17-7-3-2-4-8-17/h2,5-6,9H,3-4,7-8H2,1H3,(H,15,18). The van der Waals surface area contributed by atoms with Gasteiger partial charge in [-0.2, -0.15) is 0 Å². The van der Waals surface area contributed by atoms with Crippen LogP contribution in [-0.2, 0) is 0 Å². The molecule has 1 radical (unpaired) electrons. The molecule has 99 valence electrons. The SMILES string of the molecule is CNC(=O)c1csc2ccc(N3CC[CH]CC3)nc12. The fourth-order valence-corrected chi connectivity index (χ4v) is 3.23. The number of nitrogens with one attached hydrogen (secondary N) is 1.